The van der Waals surface area contributed by atoms with Gasteiger partial charge in [0.15, 0.2) is 0 Å². The van der Waals surface area contributed by atoms with Crippen LogP contribution in [0.3, 0.4) is 0 Å². The van der Waals surface area contributed by atoms with Crippen LogP contribution in [0.2, 0.25) is 0 Å². The third-order valence-corrected chi connectivity index (χ3v) is 5.94. The number of carbonyl (C=O) groups excluding carboxylic acids is 1. The lowest BCUT2D eigenvalue weighted by Gasteiger charge is -2.21. The molecule has 0 bridgehead atoms. The Bertz CT molecular complexity index is 1480. The van der Waals surface area contributed by atoms with Crippen LogP contribution in [0.1, 0.15) is 10.4 Å². The molecule has 12 heteroatoms. The molecule has 0 aliphatic rings. The highest BCUT2D eigenvalue weighted by molar-refractivity contribution is 7.81. The van der Waals surface area contributed by atoms with Crippen LogP contribution in [-0.2, 0) is 11.3 Å². The van der Waals surface area contributed by atoms with Gasteiger partial charge in [-0.15, -0.1) is 13.2 Å². The lowest BCUT2D eigenvalue weighted by atomic mass is 10.0. The first-order valence-electron chi connectivity index (χ1n) is 10.8. The molecule has 0 aliphatic heterocycles. The van der Waals surface area contributed by atoms with Gasteiger partial charge in [-0.05, 0) is 77.9 Å². The summed E-state index contributed by atoms with van der Waals surface area (Å²) < 4.78 is 77.4. The van der Waals surface area contributed by atoms with E-state index in [-0.39, 0.29) is 34.1 Å². The molecule has 0 aromatic heterocycles. The fourth-order valence-corrected chi connectivity index (χ4v) is 4.16. The molecule has 1 atom stereocenters. The molecule has 196 valence electrons. The lowest BCUT2D eigenvalue weighted by molar-refractivity contribution is -0.274. The molecule has 4 aromatic rings. The monoisotopic (exact) mass is 546 g/mol. The number of anilines is 3. The van der Waals surface area contributed by atoms with Crippen molar-refractivity contribution in [1.29, 1.82) is 0 Å². The second-order valence-corrected chi connectivity index (χ2v) is 8.64. The summed E-state index contributed by atoms with van der Waals surface area (Å²) in [6, 6.07) is 20.0. The molecular formula is C26H18F4N2O5S. The van der Waals surface area contributed by atoms with Crippen molar-refractivity contribution in [2.24, 2.45) is 0 Å². The number of aromatic hydroxyl groups is 1. The Hall–Kier alpha value is -4.42. The van der Waals surface area contributed by atoms with E-state index in [9.17, 15) is 36.2 Å². The van der Waals surface area contributed by atoms with E-state index in [0.29, 0.717) is 11.1 Å². The quantitative estimate of drug-likeness (QED) is 0.137. The third kappa shape index (κ3) is 6.47. The number of carbonyl (C=O) groups is 1. The lowest BCUT2D eigenvalue weighted by Crippen LogP contribution is -2.20. The smallest absolute Gasteiger partial charge is 0.506 e. The number of phenolic OH excluding ortho intramolecular Hbond substituents is 1. The zero-order chi connectivity index (χ0) is 27.4. The van der Waals surface area contributed by atoms with Gasteiger partial charge in [-0.25, -0.2) is 12.9 Å². The highest BCUT2D eigenvalue weighted by atomic mass is 32.2. The number of rotatable bonds is 7. The largest absolute Gasteiger partial charge is 0.573 e. The first-order valence-corrected chi connectivity index (χ1v) is 11.8. The molecule has 0 spiro atoms. The Morgan fingerprint density at radius 3 is 2.21 bits per heavy atom. The first kappa shape index (κ1) is 26.6. The van der Waals surface area contributed by atoms with Crippen LogP contribution >= 0.6 is 0 Å². The van der Waals surface area contributed by atoms with Crippen LogP contribution in [-0.4, -0.2) is 26.1 Å². The van der Waals surface area contributed by atoms with E-state index in [0.717, 1.165) is 16.4 Å². The fourth-order valence-electron chi connectivity index (χ4n) is 3.54. The van der Waals surface area contributed by atoms with Gasteiger partial charge in [0.2, 0.25) is 0 Å². The fraction of sp³-hybridized carbons (Fsp3) is 0.0385. The number of nitrogens with zero attached hydrogens (tertiary/aromatic N) is 1. The van der Waals surface area contributed by atoms with Crippen molar-refractivity contribution in [3.8, 4) is 22.6 Å². The summed E-state index contributed by atoms with van der Waals surface area (Å²) in [5.41, 5.74) is 1.38. The number of hydrogen-bond acceptors (Lipinski definition) is 4. The second-order valence-electron chi connectivity index (χ2n) is 7.81. The molecule has 3 N–H and O–H groups in total. The van der Waals surface area contributed by atoms with Crippen molar-refractivity contribution < 1.29 is 41.0 Å². The molecule has 0 saturated heterocycles. The molecule has 0 aliphatic carbocycles. The predicted molar refractivity (Wildman–Crippen MR) is 134 cm³/mol. The Balaban J connectivity index is 1.53. The first-order chi connectivity index (χ1) is 18.0. The normalized spacial score (nSPS) is 12.0. The number of nitrogens with one attached hydrogen (secondary N) is 1. The standard InChI is InChI=1S/C26H18F4N2O5S/c27-19-8-11-21(12-9-19)32(38(35)36)23-15-20(10-13-24(23)33)31-25(34)17-6-4-16(5-7-17)18-2-1-3-22(14-18)37-26(28,29)30/h1-15,33H,(H,31,34)(H,35,36). The molecular weight excluding hydrogens is 528 g/mol. The van der Waals surface area contributed by atoms with Gasteiger partial charge >= 0.3 is 6.36 Å². The van der Waals surface area contributed by atoms with E-state index in [1.807, 2.05) is 0 Å². The molecule has 0 saturated carbocycles. The average Bonchev–Trinajstić information content (AvgIpc) is 2.86. The van der Waals surface area contributed by atoms with Crippen LogP contribution in [0.4, 0.5) is 34.6 Å². The summed E-state index contributed by atoms with van der Waals surface area (Å²) in [5.74, 6) is -1.86. The molecule has 4 aromatic carbocycles. The molecule has 0 fully saturated rings. The molecule has 7 nitrogen and oxygen atoms in total. The second kappa shape index (κ2) is 10.9. The SMILES string of the molecule is O=C(Nc1ccc(O)c(N(c2ccc(F)cc2)S(=O)O)c1)c1ccc(-c2cccc(OC(F)(F)F)c2)cc1. The van der Waals surface area contributed by atoms with E-state index >= 15 is 0 Å². The van der Waals surface area contributed by atoms with Crippen LogP contribution in [0.5, 0.6) is 11.5 Å². The maximum Gasteiger partial charge on any atom is 0.573 e. The summed E-state index contributed by atoms with van der Waals surface area (Å²) in [5, 5.41) is 12.9. The molecule has 1 amide bonds. The van der Waals surface area contributed by atoms with Gasteiger partial charge in [0.1, 0.15) is 23.0 Å². The highest BCUT2D eigenvalue weighted by Gasteiger charge is 2.31. The Labute approximate surface area is 216 Å². The van der Waals surface area contributed by atoms with Crippen LogP contribution in [0, 0.1) is 5.82 Å². The molecule has 0 heterocycles. The number of alkyl halides is 3. The molecule has 4 rings (SSSR count). The van der Waals surface area contributed by atoms with Crippen molar-refractivity contribution in [2.75, 3.05) is 9.62 Å². The van der Waals surface area contributed by atoms with Gasteiger partial charge in [-0.2, -0.15) is 0 Å². The topological polar surface area (TPSA) is 99.1 Å². The predicted octanol–water partition coefficient (Wildman–Crippen LogP) is 6.62. The van der Waals surface area contributed by atoms with Gasteiger partial charge in [0.05, 0.1) is 5.69 Å². The van der Waals surface area contributed by atoms with Crippen LogP contribution in [0.25, 0.3) is 11.1 Å². The molecule has 38 heavy (non-hydrogen) atoms. The van der Waals surface area contributed by atoms with Crippen LogP contribution < -0.4 is 14.4 Å². The molecule has 1 unspecified atom stereocenters. The third-order valence-electron chi connectivity index (χ3n) is 5.22. The Kier molecular flexibility index (Phi) is 7.65. The number of halogens is 4. The number of hydrogen-bond donors (Lipinski definition) is 3. The van der Waals surface area contributed by atoms with Crippen molar-refractivity contribution in [1.82, 2.24) is 0 Å². The van der Waals surface area contributed by atoms with Crippen LogP contribution in [0.15, 0.2) is 91.0 Å². The van der Waals surface area contributed by atoms with E-state index in [2.05, 4.69) is 10.1 Å². The minimum Gasteiger partial charge on any atom is -0.506 e. The van der Waals surface area contributed by atoms with E-state index in [1.165, 1.54) is 60.7 Å². The van der Waals surface area contributed by atoms with E-state index in [4.69, 9.17) is 0 Å². The van der Waals surface area contributed by atoms with Crippen molar-refractivity contribution in [2.45, 2.75) is 6.36 Å². The summed E-state index contributed by atoms with van der Waals surface area (Å²) in [6.07, 6.45) is -4.82. The number of ether oxygens (including phenoxy) is 1. The van der Waals surface area contributed by atoms with E-state index < -0.39 is 29.4 Å². The number of phenols is 1. The van der Waals surface area contributed by atoms with Gasteiger partial charge < -0.3 is 15.2 Å². The highest BCUT2D eigenvalue weighted by Crippen LogP contribution is 2.36. The summed E-state index contributed by atoms with van der Waals surface area (Å²) in [4.78, 5) is 12.8. The van der Waals surface area contributed by atoms with Gasteiger partial charge in [-0.1, -0.05) is 24.3 Å². The van der Waals surface area contributed by atoms with Gasteiger partial charge in [-0.3, -0.25) is 9.35 Å². The Morgan fingerprint density at radius 1 is 0.895 bits per heavy atom. The van der Waals surface area contributed by atoms with Gasteiger partial charge in [0, 0.05) is 11.3 Å². The van der Waals surface area contributed by atoms with Crippen molar-refractivity contribution in [3.63, 3.8) is 0 Å². The maximum absolute atomic E-state index is 13.3. The Morgan fingerprint density at radius 2 is 1.58 bits per heavy atom. The summed E-state index contributed by atoms with van der Waals surface area (Å²) >= 11 is -2.64. The summed E-state index contributed by atoms with van der Waals surface area (Å²) in [7, 11) is 0. The maximum atomic E-state index is 13.3. The van der Waals surface area contributed by atoms with Crippen molar-refractivity contribution >= 4 is 34.2 Å². The number of benzene rings is 4. The zero-order valence-electron chi connectivity index (χ0n) is 19.1. The van der Waals surface area contributed by atoms with E-state index in [1.54, 1.807) is 18.2 Å². The minimum atomic E-state index is -4.82. The van der Waals surface area contributed by atoms with Gasteiger partial charge in [0.25, 0.3) is 17.2 Å². The number of amides is 1. The summed E-state index contributed by atoms with van der Waals surface area (Å²) in [6.45, 7) is 0. The van der Waals surface area contributed by atoms with Crippen molar-refractivity contribution in [3.05, 3.63) is 102 Å². The average molecular weight is 546 g/mol. The minimum absolute atomic E-state index is 0.117. The zero-order valence-corrected chi connectivity index (χ0v) is 20.0. The molecule has 0 radical (unpaired) electrons.